The lowest BCUT2D eigenvalue weighted by atomic mass is 10.1. The van der Waals surface area contributed by atoms with E-state index in [2.05, 4.69) is 93.7 Å². The maximum absolute atomic E-state index is 12.7. The quantitative estimate of drug-likeness (QED) is 0.0348. The van der Waals surface area contributed by atoms with Crippen LogP contribution in [0.25, 0.3) is 0 Å². The highest BCUT2D eigenvalue weighted by atomic mass is 16.6. The summed E-state index contributed by atoms with van der Waals surface area (Å²) in [5.74, 6) is -0.428. The van der Waals surface area contributed by atoms with Crippen molar-refractivity contribution in [2.45, 2.75) is 232 Å². The summed E-state index contributed by atoms with van der Waals surface area (Å²) in [5, 5.41) is 0. The van der Waals surface area contributed by atoms with Gasteiger partial charge in [0.25, 0.3) is 0 Å². The Morgan fingerprint density at radius 1 is 0.397 bits per heavy atom. The van der Waals surface area contributed by atoms with Gasteiger partial charge in [0, 0.05) is 19.4 Å². The Morgan fingerprint density at radius 2 is 0.776 bits per heavy atom. The van der Waals surface area contributed by atoms with E-state index < -0.39 is 6.10 Å². The zero-order chi connectivity index (χ0) is 42.1. The van der Waals surface area contributed by atoms with Crippen LogP contribution < -0.4 is 0 Å². The molecule has 0 aliphatic carbocycles. The molecule has 0 heterocycles. The standard InChI is InChI=1S/C53H92O5/c1-4-7-10-13-16-19-22-24-25-26-27-28-29-30-32-34-37-40-43-46-52(54)57-50-51(49-56-48-45-42-39-36-33-23-20-17-14-11-8-5-2)58-53(55)47-44-41-38-35-31-21-18-15-12-9-6-3/h7,10,14-19,24-25,27-28,51H,4-6,8-9,11-13,20-23,26,29-50H2,1-3H3/b10-7-,17-14-,18-15-,19-16-,25-24-,28-27-. The second-order valence-electron chi connectivity index (χ2n) is 16.0. The van der Waals surface area contributed by atoms with Crippen LogP contribution in [0.3, 0.4) is 0 Å². The van der Waals surface area contributed by atoms with Crippen molar-refractivity contribution in [3.63, 3.8) is 0 Å². The van der Waals surface area contributed by atoms with Crippen molar-refractivity contribution >= 4 is 11.9 Å². The average molecular weight is 809 g/mol. The fraction of sp³-hybridized carbons (Fsp3) is 0.736. The molecule has 58 heavy (non-hydrogen) atoms. The third kappa shape index (κ3) is 46.0. The van der Waals surface area contributed by atoms with Gasteiger partial charge in [0.15, 0.2) is 6.10 Å². The van der Waals surface area contributed by atoms with E-state index in [1.165, 1.54) is 103 Å². The van der Waals surface area contributed by atoms with Crippen LogP contribution >= 0.6 is 0 Å². The maximum Gasteiger partial charge on any atom is 0.306 e. The number of carbonyl (C=O) groups excluding carboxylic acids is 2. The predicted molar refractivity (Wildman–Crippen MR) is 251 cm³/mol. The highest BCUT2D eigenvalue weighted by Crippen LogP contribution is 2.13. The van der Waals surface area contributed by atoms with Gasteiger partial charge >= 0.3 is 11.9 Å². The monoisotopic (exact) mass is 809 g/mol. The summed E-state index contributed by atoms with van der Waals surface area (Å²) in [7, 11) is 0. The van der Waals surface area contributed by atoms with Crippen LogP contribution in [0.1, 0.15) is 226 Å². The molecule has 5 nitrogen and oxygen atoms in total. The highest BCUT2D eigenvalue weighted by Gasteiger charge is 2.17. The number of allylic oxidation sites excluding steroid dienone is 12. The SMILES string of the molecule is CC/C=C\C/C=C\C/C=C\C/C=C\CCCCCCCCC(=O)OCC(COCCCCCCCC/C=C\CCCC)OC(=O)CCCCCCC/C=C\CCCC. The van der Waals surface area contributed by atoms with Gasteiger partial charge in [-0.3, -0.25) is 9.59 Å². The fourth-order valence-electron chi connectivity index (χ4n) is 6.52. The Labute approximate surface area is 359 Å². The van der Waals surface area contributed by atoms with E-state index in [0.29, 0.717) is 19.4 Å². The molecular weight excluding hydrogens is 717 g/mol. The zero-order valence-corrected chi connectivity index (χ0v) is 38.3. The summed E-state index contributed by atoms with van der Waals surface area (Å²) in [6.45, 7) is 7.61. The Hall–Kier alpha value is -2.66. The van der Waals surface area contributed by atoms with Gasteiger partial charge in [-0.15, -0.1) is 0 Å². The molecule has 0 N–H and O–H groups in total. The van der Waals surface area contributed by atoms with Crippen LogP contribution in [0, 0.1) is 0 Å². The first kappa shape index (κ1) is 55.3. The molecule has 0 fully saturated rings. The molecule has 334 valence electrons. The molecule has 0 aromatic rings. The van der Waals surface area contributed by atoms with Crippen LogP contribution in [0.2, 0.25) is 0 Å². The van der Waals surface area contributed by atoms with Gasteiger partial charge in [0.1, 0.15) is 6.61 Å². The molecule has 0 aliphatic rings. The van der Waals surface area contributed by atoms with Crippen molar-refractivity contribution in [3.05, 3.63) is 72.9 Å². The van der Waals surface area contributed by atoms with Crippen molar-refractivity contribution in [1.29, 1.82) is 0 Å². The number of rotatable bonds is 44. The van der Waals surface area contributed by atoms with E-state index >= 15 is 0 Å². The number of carbonyl (C=O) groups is 2. The molecule has 0 aromatic carbocycles. The third-order valence-electron chi connectivity index (χ3n) is 10.2. The second-order valence-corrected chi connectivity index (χ2v) is 16.0. The lowest BCUT2D eigenvalue weighted by Crippen LogP contribution is -2.30. The minimum atomic E-state index is -0.550. The molecule has 0 aliphatic heterocycles. The van der Waals surface area contributed by atoms with E-state index in [9.17, 15) is 9.59 Å². The van der Waals surface area contributed by atoms with Gasteiger partial charge in [-0.25, -0.2) is 0 Å². The Kier molecular flexibility index (Phi) is 46.5. The van der Waals surface area contributed by atoms with Crippen molar-refractivity contribution in [2.24, 2.45) is 0 Å². The summed E-state index contributed by atoms with van der Waals surface area (Å²) in [6.07, 6.45) is 61.9. The zero-order valence-electron chi connectivity index (χ0n) is 38.3. The molecule has 0 bridgehead atoms. The van der Waals surface area contributed by atoms with Gasteiger partial charge in [-0.2, -0.15) is 0 Å². The topological polar surface area (TPSA) is 61.8 Å². The van der Waals surface area contributed by atoms with Crippen molar-refractivity contribution < 1.29 is 23.8 Å². The Bertz CT molecular complexity index is 1050. The lowest BCUT2D eigenvalue weighted by molar-refractivity contribution is -0.163. The molecule has 0 spiro atoms. The maximum atomic E-state index is 12.7. The Morgan fingerprint density at radius 3 is 1.26 bits per heavy atom. The lowest BCUT2D eigenvalue weighted by Gasteiger charge is -2.18. The second kappa shape index (κ2) is 48.7. The summed E-state index contributed by atoms with van der Waals surface area (Å²) >= 11 is 0. The summed E-state index contributed by atoms with van der Waals surface area (Å²) < 4.78 is 17.3. The summed E-state index contributed by atoms with van der Waals surface area (Å²) in [5.41, 5.74) is 0. The van der Waals surface area contributed by atoms with Gasteiger partial charge in [0.2, 0.25) is 0 Å². The van der Waals surface area contributed by atoms with Crippen LogP contribution in [-0.4, -0.2) is 37.9 Å². The van der Waals surface area contributed by atoms with Gasteiger partial charge < -0.3 is 14.2 Å². The van der Waals surface area contributed by atoms with Crippen LogP contribution in [0.5, 0.6) is 0 Å². The van der Waals surface area contributed by atoms with Gasteiger partial charge in [-0.1, -0.05) is 190 Å². The molecule has 0 aromatic heterocycles. The van der Waals surface area contributed by atoms with E-state index in [0.717, 1.165) is 89.9 Å². The first-order chi connectivity index (χ1) is 28.6. The highest BCUT2D eigenvalue weighted by molar-refractivity contribution is 5.70. The predicted octanol–water partition coefficient (Wildman–Crippen LogP) is 16.3. The number of hydrogen-bond acceptors (Lipinski definition) is 5. The molecule has 0 amide bonds. The Balaban J connectivity index is 4.26. The van der Waals surface area contributed by atoms with Crippen molar-refractivity contribution in [1.82, 2.24) is 0 Å². The van der Waals surface area contributed by atoms with Crippen molar-refractivity contribution in [3.8, 4) is 0 Å². The summed E-state index contributed by atoms with van der Waals surface area (Å²) in [4.78, 5) is 25.3. The first-order valence-electron chi connectivity index (χ1n) is 24.5. The largest absolute Gasteiger partial charge is 0.462 e. The molecule has 0 rings (SSSR count). The minimum Gasteiger partial charge on any atom is -0.462 e. The molecule has 0 saturated heterocycles. The number of ether oxygens (including phenoxy) is 3. The molecule has 0 saturated carbocycles. The molecule has 0 radical (unpaired) electrons. The third-order valence-corrected chi connectivity index (χ3v) is 10.2. The van der Waals surface area contributed by atoms with E-state index in [-0.39, 0.29) is 25.2 Å². The minimum absolute atomic E-state index is 0.0700. The number of hydrogen-bond donors (Lipinski definition) is 0. The fourth-order valence-corrected chi connectivity index (χ4v) is 6.52. The normalized spacial score (nSPS) is 12.8. The molecule has 1 atom stereocenters. The molecule has 1 unspecified atom stereocenters. The van der Waals surface area contributed by atoms with Crippen LogP contribution in [0.4, 0.5) is 0 Å². The first-order valence-corrected chi connectivity index (χ1v) is 24.5. The average Bonchev–Trinajstić information content (AvgIpc) is 3.22. The van der Waals surface area contributed by atoms with Crippen LogP contribution in [-0.2, 0) is 23.8 Å². The van der Waals surface area contributed by atoms with Gasteiger partial charge in [-0.05, 0) is 96.3 Å². The van der Waals surface area contributed by atoms with E-state index in [1.54, 1.807) is 0 Å². The van der Waals surface area contributed by atoms with E-state index in [1.807, 2.05) is 0 Å². The summed E-state index contributed by atoms with van der Waals surface area (Å²) in [6, 6.07) is 0. The van der Waals surface area contributed by atoms with E-state index in [4.69, 9.17) is 14.2 Å². The van der Waals surface area contributed by atoms with Crippen molar-refractivity contribution in [2.75, 3.05) is 19.8 Å². The van der Waals surface area contributed by atoms with Crippen LogP contribution in [0.15, 0.2) is 72.9 Å². The molecule has 5 heteroatoms. The number of esters is 2. The van der Waals surface area contributed by atoms with Gasteiger partial charge in [0.05, 0.1) is 6.61 Å². The molecular formula is C53H92O5. The number of unbranched alkanes of at least 4 members (excludes halogenated alkanes) is 21. The smallest absolute Gasteiger partial charge is 0.306 e.